The summed E-state index contributed by atoms with van der Waals surface area (Å²) < 4.78 is 0. The van der Waals surface area contributed by atoms with Crippen molar-refractivity contribution in [3.8, 4) is 0 Å². The summed E-state index contributed by atoms with van der Waals surface area (Å²) in [6, 6.07) is 0. The van der Waals surface area contributed by atoms with Gasteiger partial charge >= 0.3 is 0 Å². The molecule has 0 bridgehead atoms. The minimum Gasteiger partial charge on any atom is -0.363 e. The molecule has 1 aliphatic heterocycles. The molecule has 1 fully saturated rings. The average Bonchev–Trinajstić information content (AvgIpc) is 2.59. The molecule has 17 heavy (non-hydrogen) atoms. The maximum absolute atomic E-state index is 11.9. The molecule has 3 nitrogen and oxygen atoms in total. The second-order valence-electron chi connectivity index (χ2n) is 5.09. The zero-order valence-corrected chi connectivity index (χ0v) is 10.9. The Bertz CT molecular complexity index is 428. The van der Waals surface area contributed by atoms with Crippen molar-refractivity contribution in [2.45, 2.75) is 46.1 Å². The maximum Gasteiger partial charge on any atom is 0.187 e. The van der Waals surface area contributed by atoms with Gasteiger partial charge in [0, 0.05) is 29.6 Å². The van der Waals surface area contributed by atoms with Crippen molar-refractivity contribution in [1.29, 1.82) is 0 Å². The average molecular weight is 234 g/mol. The number of hydrogen-bond donors (Lipinski definition) is 1. The van der Waals surface area contributed by atoms with Crippen molar-refractivity contribution in [1.82, 2.24) is 9.88 Å². The highest BCUT2D eigenvalue weighted by atomic mass is 16.1. The third-order valence-corrected chi connectivity index (χ3v) is 3.69. The molecule has 0 amide bonds. The number of pyridine rings is 1. The van der Waals surface area contributed by atoms with Crippen LogP contribution in [0.25, 0.3) is 0 Å². The van der Waals surface area contributed by atoms with Crippen molar-refractivity contribution in [3.63, 3.8) is 0 Å². The Morgan fingerprint density at radius 3 is 2.47 bits per heavy atom. The summed E-state index contributed by atoms with van der Waals surface area (Å²) in [5.74, 6) is 0. The molecular weight excluding hydrogens is 212 g/mol. The van der Waals surface area contributed by atoms with Crippen LogP contribution in [-0.2, 0) is 6.54 Å². The molecule has 0 radical (unpaired) electrons. The lowest BCUT2D eigenvalue weighted by molar-refractivity contribution is 0.273. The van der Waals surface area contributed by atoms with Crippen molar-refractivity contribution in [2.75, 3.05) is 13.1 Å². The van der Waals surface area contributed by atoms with Gasteiger partial charge in [0.2, 0.25) is 0 Å². The molecule has 0 unspecified atom stereocenters. The van der Waals surface area contributed by atoms with Gasteiger partial charge in [-0.15, -0.1) is 0 Å². The molecule has 2 rings (SSSR count). The predicted molar refractivity (Wildman–Crippen MR) is 70.3 cm³/mol. The van der Waals surface area contributed by atoms with E-state index in [2.05, 4.69) is 9.88 Å². The number of likely N-dealkylation sites (tertiary alicyclic amines) is 1. The van der Waals surface area contributed by atoms with Gasteiger partial charge in [-0.25, -0.2) is 0 Å². The molecule has 2 heterocycles. The molecule has 0 aromatic carbocycles. The van der Waals surface area contributed by atoms with Crippen LogP contribution in [0.2, 0.25) is 0 Å². The Labute approximate surface area is 103 Å². The first-order chi connectivity index (χ1) is 8.18. The van der Waals surface area contributed by atoms with Gasteiger partial charge in [-0.2, -0.15) is 0 Å². The van der Waals surface area contributed by atoms with Crippen LogP contribution in [0, 0.1) is 13.8 Å². The van der Waals surface area contributed by atoms with E-state index in [1.165, 1.54) is 25.7 Å². The van der Waals surface area contributed by atoms with Crippen LogP contribution in [0.5, 0.6) is 0 Å². The van der Waals surface area contributed by atoms with Gasteiger partial charge < -0.3 is 4.98 Å². The smallest absolute Gasteiger partial charge is 0.187 e. The third-order valence-electron chi connectivity index (χ3n) is 3.69. The van der Waals surface area contributed by atoms with E-state index in [-0.39, 0.29) is 5.43 Å². The Hall–Kier alpha value is -1.09. The Balaban J connectivity index is 2.12. The quantitative estimate of drug-likeness (QED) is 0.852. The molecular formula is C14H22N2O. The highest BCUT2D eigenvalue weighted by Gasteiger charge is 2.12. The summed E-state index contributed by atoms with van der Waals surface area (Å²) in [7, 11) is 0. The van der Waals surface area contributed by atoms with Crippen LogP contribution in [0.1, 0.15) is 42.5 Å². The number of aryl methyl sites for hydroxylation is 1. The molecule has 0 aliphatic carbocycles. The second kappa shape index (κ2) is 5.50. The summed E-state index contributed by atoms with van der Waals surface area (Å²) in [4.78, 5) is 17.6. The van der Waals surface area contributed by atoms with Gasteiger partial charge in [-0.1, -0.05) is 12.8 Å². The lowest BCUT2D eigenvalue weighted by Gasteiger charge is -2.20. The molecule has 1 aliphatic rings. The van der Waals surface area contributed by atoms with Crippen LogP contribution in [0.15, 0.2) is 11.0 Å². The van der Waals surface area contributed by atoms with Crippen molar-refractivity contribution >= 4 is 0 Å². The molecule has 1 aromatic heterocycles. The number of rotatable bonds is 2. The van der Waals surface area contributed by atoms with Gasteiger partial charge in [0.1, 0.15) is 0 Å². The number of aromatic nitrogens is 1. The maximum atomic E-state index is 11.9. The van der Waals surface area contributed by atoms with Gasteiger partial charge in [-0.05, 0) is 39.8 Å². The van der Waals surface area contributed by atoms with Crippen LogP contribution in [0.3, 0.4) is 0 Å². The summed E-state index contributed by atoms with van der Waals surface area (Å²) >= 11 is 0. The second-order valence-corrected chi connectivity index (χ2v) is 5.09. The molecule has 1 saturated heterocycles. The lowest BCUT2D eigenvalue weighted by atomic mass is 10.1. The number of aromatic amines is 1. The third kappa shape index (κ3) is 2.97. The van der Waals surface area contributed by atoms with Crippen molar-refractivity contribution < 1.29 is 0 Å². The predicted octanol–water partition coefficient (Wildman–Crippen LogP) is 2.37. The number of hydrogen-bond acceptors (Lipinski definition) is 2. The minimum absolute atomic E-state index is 0.188. The van der Waals surface area contributed by atoms with E-state index < -0.39 is 0 Å². The van der Waals surface area contributed by atoms with Gasteiger partial charge in [-0.3, -0.25) is 9.69 Å². The van der Waals surface area contributed by atoms with E-state index in [4.69, 9.17) is 0 Å². The van der Waals surface area contributed by atoms with Crippen LogP contribution < -0.4 is 5.43 Å². The SMILES string of the molecule is Cc1c[nH]c(CN2CCCCCC2)c(C)c1=O. The number of H-pyrrole nitrogens is 1. The van der Waals surface area contributed by atoms with Gasteiger partial charge in [0.05, 0.1) is 0 Å². The van der Waals surface area contributed by atoms with Crippen molar-refractivity contribution in [3.05, 3.63) is 33.2 Å². The van der Waals surface area contributed by atoms with Crippen LogP contribution in [0.4, 0.5) is 0 Å². The highest BCUT2D eigenvalue weighted by Crippen LogP contribution is 2.13. The van der Waals surface area contributed by atoms with Gasteiger partial charge in [0.25, 0.3) is 0 Å². The fourth-order valence-electron chi connectivity index (χ4n) is 2.48. The first-order valence-electron chi connectivity index (χ1n) is 6.58. The zero-order chi connectivity index (χ0) is 12.3. The number of nitrogens with zero attached hydrogens (tertiary/aromatic N) is 1. The van der Waals surface area contributed by atoms with E-state index in [0.717, 1.165) is 36.5 Å². The van der Waals surface area contributed by atoms with Crippen LogP contribution in [-0.4, -0.2) is 23.0 Å². The summed E-state index contributed by atoms with van der Waals surface area (Å²) in [5, 5.41) is 0. The summed E-state index contributed by atoms with van der Waals surface area (Å²) in [5.41, 5.74) is 2.97. The highest BCUT2D eigenvalue weighted by molar-refractivity contribution is 5.23. The molecule has 94 valence electrons. The lowest BCUT2D eigenvalue weighted by Crippen LogP contribution is -2.26. The molecule has 1 N–H and O–H groups in total. The minimum atomic E-state index is 0.188. The first-order valence-corrected chi connectivity index (χ1v) is 6.58. The van der Waals surface area contributed by atoms with E-state index in [1.807, 2.05) is 20.0 Å². The zero-order valence-electron chi connectivity index (χ0n) is 10.9. The molecule has 0 saturated carbocycles. The Morgan fingerprint density at radius 2 is 1.82 bits per heavy atom. The molecule has 0 atom stereocenters. The topological polar surface area (TPSA) is 36.1 Å². The fraction of sp³-hybridized carbons (Fsp3) is 0.643. The summed E-state index contributed by atoms with van der Waals surface area (Å²) in [6.45, 7) is 7.01. The summed E-state index contributed by atoms with van der Waals surface area (Å²) in [6.07, 6.45) is 7.10. The Morgan fingerprint density at radius 1 is 1.18 bits per heavy atom. The van der Waals surface area contributed by atoms with E-state index in [0.29, 0.717) is 0 Å². The number of nitrogens with one attached hydrogen (secondary N) is 1. The monoisotopic (exact) mass is 234 g/mol. The Kier molecular flexibility index (Phi) is 4.00. The molecule has 1 aromatic rings. The standard InChI is InChI=1S/C14H22N2O/c1-11-9-15-13(12(2)14(11)17)10-16-7-5-3-4-6-8-16/h9H,3-8,10H2,1-2H3,(H,15,17). The normalized spacial score (nSPS) is 18.0. The largest absolute Gasteiger partial charge is 0.363 e. The van der Waals surface area contributed by atoms with E-state index in [9.17, 15) is 4.79 Å². The first kappa shape index (κ1) is 12.4. The molecule has 3 heteroatoms. The molecule has 0 spiro atoms. The van der Waals surface area contributed by atoms with Gasteiger partial charge in [0.15, 0.2) is 5.43 Å². The van der Waals surface area contributed by atoms with Crippen LogP contribution >= 0.6 is 0 Å². The fourth-order valence-corrected chi connectivity index (χ4v) is 2.48. The van der Waals surface area contributed by atoms with E-state index in [1.54, 1.807) is 0 Å². The van der Waals surface area contributed by atoms with Crippen molar-refractivity contribution in [2.24, 2.45) is 0 Å². The van der Waals surface area contributed by atoms with E-state index >= 15 is 0 Å².